The van der Waals surface area contributed by atoms with Gasteiger partial charge in [-0.2, -0.15) is 0 Å². The first-order valence-electron chi connectivity index (χ1n) is 8.23. The molecule has 126 valence electrons. The van der Waals surface area contributed by atoms with Gasteiger partial charge in [-0.05, 0) is 27.6 Å². The van der Waals surface area contributed by atoms with Gasteiger partial charge in [-0.25, -0.2) is 4.98 Å². The molecule has 4 heteroatoms. The van der Waals surface area contributed by atoms with Gasteiger partial charge >= 0.3 is 0 Å². The number of pyridine rings is 1. The molecule has 0 amide bonds. The molecule has 0 unspecified atom stereocenters. The van der Waals surface area contributed by atoms with E-state index in [1.807, 2.05) is 24.3 Å². The Labute approximate surface area is 150 Å². The molecule has 26 heavy (non-hydrogen) atoms. The van der Waals surface area contributed by atoms with Crippen molar-refractivity contribution in [1.29, 1.82) is 0 Å². The molecule has 0 aliphatic carbocycles. The van der Waals surface area contributed by atoms with E-state index in [9.17, 15) is 9.59 Å². The predicted molar refractivity (Wildman–Crippen MR) is 101 cm³/mol. The van der Waals surface area contributed by atoms with Crippen LogP contribution in [0.15, 0.2) is 66.7 Å². The van der Waals surface area contributed by atoms with Gasteiger partial charge in [0.15, 0.2) is 12.6 Å². The van der Waals surface area contributed by atoms with Gasteiger partial charge in [0.05, 0.1) is 0 Å². The zero-order valence-corrected chi connectivity index (χ0v) is 13.9. The topological polar surface area (TPSA) is 56.3 Å². The molecule has 0 radical (unpaired) electrons. The fraction of sp³-hybridized carbons (Fsp3) is 0.0455. The molecule has 0 spiro atoms. The van der Waals surface area contributed by atoms with Crippen LogP contribution in [0.4, 0.5) is 0 Å². The van der Waals surface area contributed by atoms with Gasteiger partial charge in [0.25, 0.3) is 0 Å². The van der Waals surface area contributed by atoms with Gasteiger partial charge in [-0.1, -0.05) is 48.5 Å². The van der Waals surface area contributed by atoms with Gasteiger partial charge in [0.1, 0.15) is 23.7 Å². The van der Waals surface area contributed by atoms with Crippen LogP contribution in [-0.2, 0) is 6.61 Å². The second-order valence-electron chi connectivity index (χ2n) is 5.97. The Hall–Kier alpha value is -3.53. The molecule has 0 saturated carbocycles. The van der Waals surface area contributed by atoms with Gasteiger partial charge in [-0.3, -0.25) is 9.59 Å². The summed E-state index contributed by atoms with van der Waals surface area (Å²) in [6.45, 7) is 0.322. The minimum Gasteiger partial charge on any atom is -0.489 e. The fourth-order valence-corrected chi connectivity index (χ4v) is 3.17. The van der Waals surface area contributed by atoms with Crippen molar-refractivity contribution >= 4 is 34.1 Å². The number of hydrogen-bond donors (Lipinski definition) is 0. The van der Waals surface area contributed by atoms with Gasteiger partial charge in [0, 0.05) is 17.7 Å². The highest BCUT2D eigenvalue weighted by Crippen LogP contribution is 2.29. The Morgan fingerprint density at radius 3 is 1.85 bits per heavy atom. The maximum absolute atomic E-state index is 11.0. The normalized spacial score (nSPS) is 10.8. The van der Waals surface area contributed by atoms with Crippen LogP contribution in [0.25, 0.3) is 21.5 Å². The summed E-state index contributed by atoms with van der Waals surface area (Å²) in [6.07, 6.45) is 1.21. The summed E-state index contributed by atoms with van der Waals surface area (Å²) in [7, 11) is 0. The van der Waals surface area contributed by atoms with Crippen LogP contribution >= 0.6 is 0 Å². The number of ether oxygens (including phenoxy) is 1. The Balaban J connectivity index is 1.79. The van der Waals surface area contributed by atoms with Crippen LogP contribution in [0.1, 0.15) is 26.5 Å². The van der Waals surface area contributed by atoms with E-state index in [-0.39, 0.29) is 11.4 Å². The molecule has 0 bridgehead atoms. The number of hydrogen-bond acceptors (Lipinski definition) is 4. The maximum Gasteiger partial charge on any atom is 0.168 e. The summed E-state index contributed by atoms with van der Waals surface area (Å²) in [5.41, 5.74) is 1.41. The molecular formula is C22H15NO3. The number of nitrogens with zero attached hydrogens (tertiary/aromatic N) is 1. The predicted octanol–water partition coefficient (Wildman–Crippen LogP) is 4.59. The van der Waals surface area contributed by atoms with E-state index in [1.54, 1.807) is 0 Å². The van der Waals surface area contributed by atoms with Gasteiger partial charge < -0.3 is 4.74 Å². The van der Waals surface area contributed by atoms with E-state index >= 15 is 0 Å². The standard InChI is InChI=1S/C22H15NO3/c24-12-17-10-19(11-18(13-25)23-17)26-14-22-20-7-3-1-5-15(20)9-16-6-2-4-8-21(16)22/h1-13H,14H2. The highest BCUT2D eigenvalue weighted by atomic mass is 16.5. The van der Waals surface area contributed by atoms with E-state index in [0.717, 1.165) is 27.1 Å². The van der Waals surface area contributed by atoms with Crippen LogP contribution in [0, 0.1) is 0 Å². The third-order valence-electron chi connectivity index (χ3n) is 4.35. The average molecular weight is 341 g/mol. The molecule has 0 fully saturated rings. The fourth-order valence-electron chi connectivity index (χ4n) is 3.17. The largest absolute Gasteiger partial charge is 0.489 e. The van der Waals surface area contributed by atoms with Crippen molar-refractivity contribution in [3.05, 3.63) is 83.7 Å². The molecule has 4 nitrogen and oxygen atoms in total. The van der Waals surface area contributed by atoms with E-state index in [1.165, 1.54) is 12.1 Å². The van der Waals surface area contributed by atoms with Crippen molar-refractivity contribution in [2.45, 2.75) is 6.61 Å². The molecule has 0 atom stereocenters. The molecular weight excluding hydrogens is 326 g/mol. The Morgan fingerprint density at radius 2 is 1.31 bits per heavy atom. The first-order valence-corrected chi connectivity index (χ1v) is 8.23. The molecule has 4 rings (SSSR count). The lowest BCUT2D eigenvalue weighted by Crippen LogP contribution is -2.01. The highest BCUT2D eigenvalue weighted by molar-refractivity contribution is 6.02. The summed E-state index contributed by atoms with van der Waals surface area (Å²) in [4.78, 5) is 25.9. The molecule has 1 heterocycles. The minimum absolute atomic E-state index is 0.173. The lowest BCUT2D eigenvalue weighted by Gasteiger charge is -2.13. The lowest BCUT2D eigenvalue weighted by molar-refractivity contribution is 0.111. The van der Waals surface area contributed by atoms with Gasteiger partial charge in [0.2, 0.25) is 0 Å². The number of carbonyl (C=O) groups excluding carboxylic acids is 2. The summed E-state index contributed by atoms with van der Waals surface area (Å²) in [5.74, 6) is 0.446. The summed E-state index contributed by atoms with van der Waals surface area (Å²) in [6, 6.07) is 21.6. The molecule has 0 N–H and O–H groups in total. The third kappa shape index (κ3) is 2.93. The van der Waals surface area contributed by atoms with Crippen molar-refractivity contribution in [2.75, 3.05) is 0 Å². The van der Waals surface area contributed by atoms with Crippen molar-refractivity contribution < 1.29 is 14.3 Å². The number of carbonyl (C=O) groups is 2. The van der Waals surface area contributed by atoms with Crippen molar-refractivity contribution in [3.63, 3.8) is 0 Å². The number of benzene rings is 3. The van der Waals surface area contributed by atoms with E-state index in [2.05, 4.69) is 35.3 Å². The Bertz CT molecular complexity index is 1050. The third-order valence-corrected chi connectivity index (χ3v) is 4.35. The van der Waals surface area contributed by atoms with E-state index in [0.29, 0.717) is 24.9 Å². The molecule has 1 aromatic heterocycles. The molecule has 0 aliphatic heterocycles. The number of aldehydes is 2. The van der Waals surface area contributed by atoms with Crippen LogP contribution < -0.4 is 4.74 Å². The SMILES string of the molecule is O=Cc1cc(OCc2c3ccccc3cc3ccccc23)cc(C=O)n1. The zero-order valence-electron chi connectivity index (χ0n) is 13.9. The second-order valence-corrected chi connectivity index (χ2v) is 5.97. The number of fused-ring (bicyclic) bond motifs is 2. The van der Waals surface area contributed by atoms with Gasteiger partial charge in [-0.15, -0.1) is 0 Å². The molecule has 4 aromatic rings. The first-order chi connectivity index (χ1) is 12.8. The monoisotopic (exact) mass is 341 g/mol. The number of rotatable bonds is 5. The van der Waals surface area contributed by atoms with Crippen LogP contribution in [0.3, 0.4) is 0 Å². The van der Waals surface area contributed by atoms with E-state index < -0.39 is 0 Å². The van der Waals surface area contributed by atoms with Crippen molar-refractivity contribution in [1.82, 2.24) is 4.98 Å². The molecule has 0 saturated heterocycles. The lowest BCUT2D eigenvalue weighted by atomic mass is 9.97. The van der Waals surface area contributed by atoms with Crippen LogP contribution in [0.2, 0.25) is 0 Å². The van der Waals surface area contributed by atoms with Crippen LogP contribution in [-0.4, -0.2) is 17.6 Å². The van der Waals surface area contributed by atoms with Crippen molar-refractivity contribution in [3.8, 4) is 5.75 Å². The maximum atomic E-state index is 11.0. The quantitative estimate of drug-likeness (QED) is 0.393. The van der Waals surface area contributed by atoms with E-state index in [4.69, 9.17) is 4.74 Å². The number of aromatic nitrogens is 1. The Kier molecular flexibility index (Phi) is 4.15. The zero-order chi connectivity index (χ0) is 17.9. The summed E-state index contributed by atoms with van der Waals surface area (Å²) < 4.78 is 5.94. The second kappa shape index (κ2) is 6.76. The Morgan fingerprint density at radius 1 is 0.769 bits per heavy atom. The average Bonchev–Trinajstić information content (AvgIpc) is 2.70. The summed E-state index contributed by atoms with van der Waals surface area (Å²) in [5, 5.41) is 4.52. The minimum atomic E-state index is 0.173. The van der Waals surface area contributed by atoms with Crippen molar-refractivity contribution in [2.24, 2.45) is 0 Å². The van der Waals surface area contributed by atoms with Crippen LogP contribution in [0.5, 0.6) is 5.75 Å². The first kappa shape index (κ1) is 16.0. The summed E-state index contributed by atoms with van der Waals surface area (Å²) >= 11 is 0. The molecule has 3 aromatic carbocycles. The smallest absolute Gasteiger partial charge is 0.168 e. The molecule has 0 aliphatic rings. The highest BCUT2D eigenvalue weighted by Gasteiger charge is 2.09.